The predicted molar refractivity (Wildman–Crippen MR) is 73.4 cm³/mol. The van der Waals surface area contributed by atoms with Gasteiger partial charge in [0.2, 0.25) is 0 Å². The van der Waals surface area contributed by atoms with E-state index in [-0.39, 0.29) is 29.9 Å². The first-order valence-electron chi connectivity index (χ1n) is 6.22. The lowest BCUT2D eigenvalue weighted by molar-refractivity contribution is -0.312. The molecule has 0 radical (unpaired) electrons. The van der Waals surface area contributed by atoms with Crippen LogP contribution < -0.4 is 10.6 Å². The van der Waals surface area contributed by atoms with Gasteiger partial charge in [-0.1, -0.05) is 0 Å². The Hall–Kier alpha value is -1.78. The van der Waals surface area contributed by atoms with Crippen LogP contribution >= 0.6 is 0 Å². The molecule has 0 bridgehead atoms. The van der Waals surface area contributed by atoms with Crippen molar-refractivity contribution in [2.24, 2.45) is 0 Å². The van der Waals surface area contributed by atoms with Crippen molar-refractivity contribution in [2.75, 3.05) is 17.7 Å². The highest BCUT2D eigenvalue weighted by Gasteiger charge is 2.55. The molecule has 2 heterocycles. The lowest BCUT2D eigenvalue weighted by Gasteiger charge is -2.50. The Morgan fingerprint density at radius 1 is 1.48 bits per heavy atom. The fourth-order valence-corrected chi connectivity index (χ4v) is 2.43. The minimum absolute atomic E-state index is 0.0144. The number of hydrogen-bond acceptors (Lipinski definition) is 9. The van der Waals surface area contributed by atoms with E-state index in [0.29, 0.717) is 4.90 Å². The van der Waals surface area contributed by atoms with E-state index in [2.05, 4.69) is 4.98 Å². The number of pyridine rings is 1. The molecule has 1 aliphatic rings. The highest BCUT2D eigenvalue weighted by atomic mass is 16.6. The first kappa shape index (κ1) is 15.6. The quantitative estimate of drug-likeness (QED) is 0.292. The van der Waals surface area contributed by atoms with Crippen LogP contribution in [0, 0.1) is 5.41 Å². The number of nitrogens with one attached hydrogen (secondary N) is 1. The van der Waals surface area contributed by atoms with E-state index >= 15 is 0 Å². The van der Waals surface area contributed by atoms with E-state index in [9.17, 15) is 20.4 Å². The summed E-state index contributed by atoms with van der Waals surface area (Å²) in [5.74, 6) is -5.10. The van der Waals surface area contributed by atoms with Crippen LogP contribution in [0.1, 0.15) is 18.4 Å². The lowest BCUT2D eigenvalue weighted by atomic mass is 9.99. The summed E-state index contributed by atoms with van der Waals surface area (Å²) in [7, 11) is 1.29. The Kier molecular flexibility index (Phi) is 3.87. The minimum atomic E-state index is -2.66. The first-order valence-corrected chi connectivity index (χ1v) is 6.22. The average Bonchev–Trinajstić information content (AvgIpc) is 2.39. The van der Waals surface area contributed by atoms with Gasteiger partial charge in [-0.2, -0.15) is 0 Å². The largest absolute Gasteiger partial charge is 0.383 e. The smallest absolute Gasteiger partial charge is 0.278 e. The molecule has 0 aliphatic carbocycles. The molecule has 1 saturated heterocycles. The monoisotopic (exact) mass is 298 g/mol. The number of hydrogen-bond donors (Lipinski definition) is 6. The molecule has 0 spiro atoms. The topological polar surface area (TPSA) is 156 Å². The van der Waals surface area contributed by atoms with Crippen molar-refractivity contribution in [1.82, 2.24) is 4.98 Å². The molecule has 0 amide bonds. The van der Waals surface area contributed by atoms with Gasteiger partial charge in [-0.3, -0.25) is 4.90 Å². The molecule has 1 atom stereocenters. The molecular formula is C12H18N4O5. The molecule has 1 aromatic rings. The molecule has 1 unspecified atom stereocenters. The maximum absolute atomic E-state index is 10.2. The van der Waals surface area contributed by atoms with Crippen molar-refractivity contribution < 1.29 is 25.2 Å². The number of piperidine rings is 1. The highest BCUT2D eigenvalue weighted by molar-refractivity contribution is 5.85. The highest BCUT2D eigenvalue weighted by Crippen LogP contribution is 2.38. The maximum Gasteiger partial charge on any atom is 0.278 e. The first-order chi connectivity index (χ1) is 9.74. The fourth-order valence-electron chi connectivity index (χ4n) is 2.43. The third kappa shape index (κ3) is 2.57. The molecule has 9 nitrogen and oxygen atoms in total. The zero-order valence-electron chi connectivity index (χ0n) is 11.4. The Labute approximate surface area is 120 Å². The summed E-state index contributed by atoms with van der Waals surface area (Å²) in [5, 5.41) is 47.8. The summed E-state index contributed by atoms with van der Waals surface area (Å²) in [6.45, 7) is 0. The van der Waals surface area contributed by atoms with Gasteiger partial charge in [0, 0.05) is 25.3 Å². The second-order valence-electron chi connectivity index (χ2n) is 4.87. The molecule has 7 N–H and O–H groups in total. The molecule has 1 aromatic heterocycles. The Morgan fingerprint density at radius 3 is 2.71 bits per heavy atom. The molecular weight excluding hydrogens is 280 g/mol. The Bertz CT molecular complexity index is 548. The lowest BCUT2D eigenvalue weighted by Crippen LogP contribution is -2.70. The van der Waals surface area contributed by atoms with E-state index in [0.717, 1.165) is 12.4 Å². The van der Waals surface area contributed by atoms with Crippen molar-refractivity contribution in [3.8, 4) is 0 Å². The molecule has 1 fully saturated rings. The van der Waals surface area contributed by atoms with E-state index in [1.807, 2.05) is 0 Å². The van der Waals surface area contributed by atoms with Gasteiger partial charge in [-0.25, -0.2) is 4.98 Å². The molecule has 0 aromatic carbocycles. The van der Waals surface area contributed by atoms with Crippen LogP contribution in [-0.4, -0.2) is 56.7 Å². The number of methoxy groups -OCH3 is 1. The van der Waals surface area contributed by atoms with Gasteiger partial charge < -0.3 is 36.3 Å². The normalized spacial score (nSPS) is 23.9. The van der Waals surface area contributed by atoms with Crippen LogP contribution in [0.25, 0.3) is 0 Å². The maximum atomic E-state index is 10.2. The standard InChI is InChI=1S/C12H18N4O5/c1-21-9-2-3-11(17,18)16(12(9,19)20)8-4-7(5-13)10(14)15-6-8/h4-6,9,13,17-20H,2-3H2,1H3,(H2,14,15). The summed E-state index contributed by atoms with van der Waals surface area (Å²) in [5.41, 5.74) is 5.76. The van der Waals surface area contributed by atoms with Gasteiger partial charge in [0.1, 0.15) is 11.9 Å². The van der Waals surface area contributed by atoms with Gasteiger partial charge >= 0.3 is 0 Å². The zero-order chi connectivity index (χ0) is 15.8. The molecule has 2 rings (SSSR count). The Morgan fingerprint density at radius 2 is 2.14 bits per heavy atom. The van der Waals surface area contributed by atoms with Crippen molar-refractivity contribution in [2.45, 2.75) is 30.8 Å². The number of anilines is 2. The minimum Gasteiger partial charge on any atom is -0.383 e. The van der Waals surface area contributed by atoms with Gasteiger partial charge in [0.05, 0.1) is 11.9 Å². The van der Waals surface area contributed by atoms with E-state index in [4.69, 9.17) is 15.9 Å². The van der Waals surface area contributed by atoms with Gasteiger partial charge in [0.25, 0.3) is 11.8 Å². The van der Waals surface area contributed by atoms with Crippen molar-refractivity contribution in [1.29, 1.82) is 5.41 Å². The summed E-state index contributed by atoms with van der Waals surface area (Å²) in [6.07, 6.45) is 0.899. The summed E-state index contributed by atoms with van der Waals surface area (Å²) < 4.78 is 4.98. The SMILES string of the molecule is COC1CCC(O)(O)N(c2cnc(N)c(C=N)c2)C1(O)O. The number of aromatic nitrogens is 1. The predicted octanol–water partition coefficient (Wildman–Crippen LogP) is -1.45. The van der Waals surface area contributed by atoms with Crippen molar-refractivity contribution in [3.05, 3.63) is 17.8 Å². The number of nitrogens with two attached hydrogens (primary N) is 1. The summed E-state index contributed by atoms with van der Waals surface area (Å²) >= 11 is 0. The van der Waals surface area contributed by atoms with Crippen LogP contribution in [0.4, 0.5) is 11.5 Å². The second-order valence-corrected chi connectivity index (χ2v) is 4.87. The number of aliphatic hydroxyl groups is 4. The van der Waals surface area contributed by atoms with E-state index in [1.165, 1.54) is 13.2 Å². The van der Waals surface area contributed by atoms with E-state index < -0.39 is 17.9 Å². The summed E-state index contributed by atoms with van der Waals surface area (Å²) in [4.78, 5) is 4.39. The molecule has 116 valence electrons. The van der Waals surface area contributed by atoms with Crippen LogP contribution in [0.3, 0.4) is 0 Å². The van der Waals surface area contributed by atoms with E-state index in [1.54, 1.807) is 0 Å². The van der Waals surface area contributed by atoms with Gasteiger partial charge in [-0.15, -0.1) is 0 Å². The number of ether oxygens (including phenoxy) is 1. The third-order valence-electron chi connectivity index (χ3n) is 3.49. The average molecular weight is 298 g/mol. The van der Waals surface area contributed by atoms with Crippen LogP contribution in [0.5, 0.6) is 0 Å². The molecule has 9 heteroatoms. The molecule has 21 heavy (non-hydrogen) atoms. The second kappa shape index (κ2) is 5.20. The zero-order valence-corrected chi connectivity index (χ0v) is 11.4. The van der Waals surface area contributed by atoms with Crippen LogP contribution in [0.15, 0.2) is 12.3 Å². The number of rotatable bonds is 3. The van der Waals surface area contributed by atoms with Crippen molar-refractivity contribution >= 4 is 17.7 Å². The third-order valence-corrected chi connectivity index (χ3v) is 3.49. The van der Waals surface area contributed by atoms with Crippen LogP contribution in [-0.2, 0) is 4.74 Å². The van der Waals surface area contributed by atoms with Gasteiger partial charge in [-0.05, 0) is 12.5 Å². The summed E-state index contributed by atoms with van der Waals surface area (Å²) in [6, 6.07) is 1.30. The van der Waals surface area contributed by atoms with Gasteiger partial charge in [0.15, 0.2) is 0 Å². The fraction of sp³-hybridized carbons (Fsp3) is 0.500. The molecule has 0 saturated carbocycles. The number of nitrogen functional groups attached to an aromatic ring is 1. The Balaban J connectivity index is 2.53. The van der Waals surface area contributed by atoms with Crippen LogP contribution in [0.2, 0.25) is 0 Å². The molecule has 1 aliphatic heterocycles. The number of nitrogens with zero attached hydrogens (tertiary/aromatic N) is 2. The van der Waals surface area contributed by atoms with Crippen molar-refractivity contribution in [3.63, 3.8) is 0 Å².